The molecule has 2 aromatic heterocycles. The fourth-order valence-electron chi connectivity index (χ4n) is 4.59. The van der Waals surface area contributed by atoms with Gasteiger partial charge >= 0.3 is 0 Å². The fourth-order valence-corrected chi connectivity index (χ4v) is 6.68. The summed E-state index contributed by atoms with van der Waals surface area (Å²) in [6.07, 6.45) is 8.42. The normalized spacial score (nSPS) is 18.8. The third-order valence-electron chi connectivity index (χ3n) is 6.44. The average molecular weight is 531 g/mol. The van der Waals surface area contributed by atoms with Gasteiger partial charge in [0.1, 0.15) is 12.4 Å². The van der Waals surface area contributed by atoms with Gasteiger partial charge in [-0.2, -0.15) is 0 Å². The second kappa shape index (κ2) is 9.72. The van der Waals surface area contributed by atoms with Gasteiger partial charge in [0, 0.05) is 88.0 Å². The maximum absolute atomic E-state index is 12.0. The molecule has 2 aliphatic rings. The average Bonchev–Trinajstić information content (AvgIpc) is 2.83. The molecule has 4 heterocycles. The fraction of sp³-hybridized carbons (Fsp3) is 0.333. The number of aromatic nitrogens is 3. The monoisotopic (exact) mass is 530 g/mol. The van der Waals surface area contributed by atoms with Crippen LogP contribution in [0.15, 0.2) is 43.0 Å². The van der Waals surface area contributed by atoms with Crippen molar-refractivity contribution < 1.29 is 8.95 Å². The topological polar surface area (TPSA) is 118 Å². The molecule has 0 bridgehead atoms. The summed E-state index contributed by atoms with van der Waals surface area (Å²) in [6.45, 7) is 1.81. The first kappa shape index (κ1) is 24.0. The molecule has 0 amide bonds. The summed E-state index contributed by atoms with van der Waals surface area (Å²) in [4.78, 5) is 15.0. The lowest BCUT2D eigenvalue weighted by molar-refractivity contribution is 0.218. The van der Waals surface area contributed by atoms with Crippen molar-refractivity contribution >= 4 is 51.3 Å². The molecule has 2 fully saturated rings. The van der Waals surface area contributed by atoms with Crippen LogP contribution in [0.25, 0.3) is 0 Å². The number of nitrogens with two attached hydrogens (primary N) is 1. The summed E-state index contributed by atoms with van der Waals surface area (Å²) in [5.41, 5.74) is 8.63. The van der Waals surface area contributed by atoms with Crippen molar-refractivity contribution in [3.8, 4) is 5.75 Å². The predicted molar refractivity (Wildman–Crippen MR) is 139 cm³/mol. The van der Waals surface area contributed by atoms with Crippen molar-refractivity contribution in [3.05, 3.63) is 69.7 Å². The summed E-state index contributed by atoms with van der Waals surface area (Å²) < 4.78 is 17.8. The summed E-state index contributed by atoms with van der Waals surface area (Å²) in [5, 5.41) is 9.51. The number of nitrogens with zero attached hydrogens (tertiary/aromatic N) is 4. The van der Waals surface area contributed by atoms with Crippen LogP contribution in [-0.2, 0) is 17.4 Å². The van der Waals surface area contributed by atoms with Gasteiger partial charge in [0.05, 0.1) is 15.8 Å². The summed E-state index contributed by atoms with van der Waals surface area (Å²) in [7, 11) is -0.714. The smallest absolute Gasteiger partial charge is 0.225 e. The van der Waals surface area contributed by atoms with E-state index in [9.17, 15) is 4.21 Å². The maximum Gasteiger partial charge on any atom is 0.225 e. The van der Waals surface area contributed by atoms with Gasteiger partial charge in [0.2, 0.25) is 5.95 Å². The van der Waals surface area contributed by atoms with Gasteiger partial charge in [0.15, 0.2) is 0 Å². The molecule has 11 heteroatoms. The van der Waals surface area contributed by atoms with E-state index in [4.69, 9.17) is 39.1 Å². The van der Waals surface area contributed by atoms with Crippen LogP contribution in [0.1, 0.15) is 29.5 Å². The Morgan fingerprint density at radius 3 is 2.57 bits per heavy atom. The van der Waals surface area contributed by atoms with Crippen LogP contribution in [0.2, 0.25) is 10.0 Å². The molecular formula is C24H24Cl2N6O2S. The van der Waals surface area contributed by atoms with E-state index < -0.39 is 10.8 Å². The second-order valence-corrected chi connectivity index (χ2v) is 11.4. The number of halogens is 2. The standard InChI is InChI=1S/C24H24Cl2N6O2S/c25-19-9-29-10-20(26)18(19)11-34-16-2-3-21(27)17(6-16)22(28)15-7-30-23(31-8-15)32-12-24(13-32)4-1-5-35(33)14-24/h2-3,6-10,28H,1,4-5,11-14,27H2. The van der Waals surface area contributed by atoms with E-state index in [0.29, 0.717) is 44.1 Å². The van der Waals surface area contributed by atoms with E-state index in [1.807, 2.05) is 0 Å². The Morgan fingerprint density at radius 1 is 1.17 bits per heavy atom. The van der Waals surface area contributed by atoms with Crippen molar-refractivity contribution in [2.45, 2.75) is 19.4 Å². The van der Waals surface area contributed by atoms with Crippen molar-refractivity contribution in [2.24, 2.45) is 5.41 Å². The third-order valence-corrected chi connectivity index (χ3v) is 8.77. The highest BCUT2D eigenvalue weighted by atomic mass is 35.5. The van der Waals surface area contributed by atoms with Gasteiger partial charge in [-0.15, -0.1) is 0 Å². The molecule has 1 spiro atoms. The molecule has 1 aromatic carbocycles. The first-order valence-corrected chi connectivity index (χ1v) is 13.4. The number of hydrogen-bond donors (Lipinski definition) is 2. The first-order chi connectivity index (χ1) is 16.8. The maximum atomic E-state index is 12.0. The van der Waals surface area contributed by atoms with Crippen LogP contribution in [0.4, 0.5) is 11.6 Å². The molecule has 3 aromatic rings. The first-order valence-electron chi connectivity index (χ1n) is 11.2. The minimum atomic E-state index is -0.714. The molecule has 35 heavy (non-hydrogen) atoms. The molecule has 2 aliphatic heterocycles. The number of hydrogen-bond acceptors (Lipinski definition) is 8. The lowest BCUT2D eigenvalue weighted by atomic mass is 9.78. The Labute approximate surface area is 215 Å². The van der Waals surface area contributed by atoms with Crippen LogP contribution >= 0.6 is 23.2 Å². The van der Waals surface area contributed by atoms with Gasteiger partial charge in [-0.3, -0.25) is 14.6 Å². The summed E-state index contributed by atoms with van der Waals surface area (Å²) in [5.74, 6) is 2.73. The predicted octanol–water partition coefficient (Wildman–Crippen LogP) is 4.10. The SMILES string of the molecule is N=C(c1cnc(N2CC3(CCCS(=O)C3)C2)nc1)c1cc(OCc2c(Cl)cncc2Cl)ccc1N. The molecule has 1 atom stereocenters. The molecule has 0 radical (unpaired) electrons. The third kappa shape index (κ3) is 4.98. The van der Waals surface area contributed by atoms with Crippen LogP contribution in [0.5, 0.6) is 5.75 Å². The number of ether oxygens (including phenoxy) is 1. The Hall–Kier alpha value is -2.75. The number of pyridine rings is 1. The number of anilines is 2. The summed E-state index contributed by atoms with van der Waals surface area (Å²) >= 11 is 12.3. The molecule has 2 saturated heterocycles. The number of nitrogens with one attached hydrogen (secondary N) is 1. The van der Waals surface area contributed by atoms with E-state index in [1.165, 1.54) is 12.4 Å². The van der Waals surface area contributed by atoms with Gasteiger partial charge < -0.3 is 15.4 Å². The number of nitrogen functional groups attached to an aromatic ring is 1. The van der Waals surface area contributed by atoms with E-state index >= 15 is 0 Å². The zero-order valence-electron chi connectivity index (χ0n) is 18.8. The van der Waals surface area contributed by atoms with Gasteiger partial charge in [-0.1, -0.05) is 23.2 Å². The highest BCUT2D eigenvalue weighted by Crippen LogP contribution is 2.40. The van der Waals surface area contributed by atoms with Crippen LogP contribution < -0.4 is 15.4 Å². The minimum absolute atomic E-state index is 0.136. The highest BCUT2D eigenvalue weighted by molar-refractivity contribution is 7.85. The lowest BCUT2D eigenvalue weighted by Crippen LogP contribution is -2.60. The summed E-state index contributed by atoms with van der Waals surface area (Å²) in [6, 6.07) is 5.13. The second-order valence-electron chi connectivity index (χ2n) is 9.01. The lowest BCUT2D eigenvalue weighted by Gasteiger charge is -2.51. The van der Waals surface area contributed by atoms with Crippen molar-refractivity contribution in [2.75, 3.05) is 35.2 Å². The Morgan fingerprint density at radius 2 is 1.89 bits per heavy atom. The van der Waals surface area contributed by atoms with E-state index in [-0.39, 0.29) is 17.7 Å². The molecule has 1 unspecified atom stereocenters. The zero-order chi connectivity index (χ0) is 24.6. The van der Waals surface area contributed by atoms with Crippen LogP contribution in [-0.4, -0.2) is 49.5 Å². The molecule has 3 N–H and O–H groups in total. The molecule has 0 saturated carbocycles. The Balaban J connectivity index is 1.26. The van der Waals surface area contributed by atoms with E-state index in [0.717, 1.165) is 37.4 Å². The van der Waals surface area contributed by atoms with Crippen LogP contribution in [0.3, 0.4) is 0 Å². The molecule has 8 nitrogen and oxygen atoms in total. The Kier molecular flexibility index (Phi) is 6.65. The highest BCUT2D eigenvalue weighted by Gasteiger charge is 2.46. The van der Waals surface area contributed by atoms with Crippen molar-refractivity contribution in [1.82, 2.24) is 15.0 Å². The molecular weight excluding hydrogens is 507 g/mol. The number of benzene rings is 1. The molecule has 0 aliphatic carbocycles. The van der Waals surface area contributed by atoms with Crippen molar-refractivity contribution in [1.29, 1.82) is 5.41 Å². The largest absolute Gasteiger partial charge is 0.489 e. The quantitative estimate of drug-likeness (QED) is 0.363. The van der Waals surface area contributed by atoms with Gasteiger partial charge in [0.25, 0.3) is 0 Å². The van der Waals surface area contributed by atoms with Gasteiger partial charge in [-0.25, -0.2) is 9.97 Å². The van der Waals surface area contributed by atoms with E-state index in [1.54, 1.807) is 30.6 Å². The van der Waals surface area contributed by atoms with Crippen LogP contribution in [0, 0.1) is 10.8 Å². The zero-order valence-corrected chi connectivity index (χ0v) is 21.2. The number of rotatable bonds is 6. The van der Waals surface area contributed by atoms with Crippen molar-refractivity contribution in [3.63, 3.8) is 0 Å². The molecule has 182 valence electrons. The Bertz CT molecular complexity index is 1280. The van der Waals surface area contributed by atoms with E-state index in [2.05, 4.69) is 19.9 Å². The minimum Gasteiger partial charge on any atom is -0.489 e. The van der Waals surface area contributed by atoms with Gasteiger partial charge in [-0.05, 0) is 31.0 Å². The molecule has 5 rings (SSSR count).